The van der Waals surface area contributed by atoms with Crippen molar-refractivity contribution < 1.29 is 18.0 Å². The summed E-state index contributed by atoms with van der Waals surface area (Å²) in [6.45, 7) is 7.17. The topological polar surface area (TPSA) is 86.8 Å². The molecule has 242 valence electrons. The number of carbonyl (C=O) groups is 2. The number of rotatable bonds is 13. The summed E-state index contributed by atoms with van der Waals surface area (Å²) < 4.78 is 29.4. The lowest BCUT2D eigenvalue weighted by atomic mass is 10.0. The minimum Gasteiger partial charge on any atom is -0.352 e. The number of nitrogens with one attached hydrogen (secondary N) is 1. The molecule has 10 heteroatoms. The summed E-state index contributed by atoms with van der Waals surface area (Å²) in [5, 5.41) is 3.70. The summed E-state index contributed by atoms with van der Waals surface area (Å²) in [5.74, 6) is -0.706. The second-order valence-electron chi connectivity index (χ2n) is 11.7. The van der Waals surface area contributed by atoms with Crippen LogP contribution >= 0.6 is 23.2 Å². The fraction of sp³-hybridized carbons (Fsp3) is 0.278. The zero-order chi connectivity index (χ0) is 33.4. The van der Waals surface area contributed by atoms with Crippen LogP contribution in [0, 0.1) is 0 Å². The average Bonchev–Trinajstić information content (AvgIpc) is 3.03. The van der Waals surface area contributed by atoms with Gasteiger partial charge in [-0.25, -0.2) is 8.42 Å². The van der Waals surface area contributed by atoms with Crippen LogP contribution in [0.3, 0.4) is 0 Å². The van der Waals surface area contributed by atoms with E-state index in [2.05, 4.69) is 5.32 Å². The van der Waals surface area contributed by atoms with Gasteiger partial charge in [-0.1, -0.05) is 104 Å². The lowest BCUT2D eigenvalue weighted by molar-refractivity contribution is -0.140. The fourth-order valence-electron chi connectivity index (χ4n) is 5.04. The zero-order valence-corrected chi connectivity index (χ0v) is 28.7. The quantitative estimate of drug-likeness (QED) is 0.159. The number of halogens is 2. The average molecular weight is 681 g/mol. The third-order valence-corrected chi connectivity index (χ3v) is 9.89. The largest absolute Gasteiger partial charge is 0.352 e. The van der Waals surface area contributed by atoms with Gasteiger partial charge < -0.3 is 10.2 Å². The van der Waals surface area contributed by atoms with E-state index < -0.39 is 28.5 Å². The normalized spacial score (nSPS) is 12.2. The summed E-state index contributed by atoms with van der Waals surface area (Å²) in [6.07, 6.45) is 0.199. The molecular weight excluding hydrogens is 641 g/mol. The molecule has 0 aliphatic rings. The summed E-state index contributed by atoms with van der Waals surface area (Å²) in [5.41, 5.74) is 2.76. The third-order valence-electron chi connectivity index (χ3n) is 7.52. The molecule has 1 N–H and O–H groups in total. The molecule has 2 amide bonds. The molecule has 1 atom stereocenters. The molecule has 0 bridgehead atoms. The van der Waals surface area contributed by atoms with E-state index in [-0.39, 0.29) is 35.7 Å². The maximum atomic E-state index is 14.6. The first kappa shape index (κ1) is 35.0. The molecule has 4 rings (SSSR count). The van der Waals surface area contributed by atoms with Gasteiger partial charge in [0.1, 0.15) is 12.6 Å². The first-order valence-corrected chi connectivity index (χ1v) is 17.3. The highest BCUT2D eigenvalue weighted by Crippen LogP contribution is 2.28. The molecule has 0 fully saturated rings. The molecule has 0 saturated heterocycles. The number of hydrogen-bond donors (Lipinski definition) is 1. The number of hydrogen-bond acceptors (Lipinski definition) is 4. The van der Waals surface area contributed by atoms with Gasteiger partial charge in [0.2, 0.25) is 11.8 Å². The van der Waals surface area contributed by atoms with Gasteiger partial charge in [0.15, 0.2) is 0 Å². The Balaban J connectivity index is 1.82. The van der Waals surface area contributed by atoms with E-state index in [0.717, 1.165) is 15.4 Å². The molecule has 0 aliphatic carbocycles. The number of anilines is 1. The SMILES string of the molecule is CC(C)NC(=O)C(Cc1ccccc1)N(Cc1ccc(Cl)cc1Cl)C(=O)CN(c1ccc(C(C)C)cc1)S(=O)(=O)c1ccccc1. The van der Waals surface area contributed by atoms with Gasteiger partial charge in [-0.15, -0.1) is 0 Å². The fourth-order valence-corrected chi connectivity index (χ4v) is 6.95. The van der Waals surface area contributed by atoms with Crippen molar-refractivity contribution in [1.29, 1.82) is 0 Å². The standard InChI is InChI=1S/C36H39Cl2N3O4S/c1-25(2)28-16-19-31(20-17-28)41(46(44,45)32-13-9-6-10-14-32)24-35(42)40(23-29-15-18-30(37)22-33(29)38)34(36(43)39-26(3)4)21-27-11-7-5-8-12-27/h5-20,22,25-26,34H,21,23-24H2,1-4H3,(H,39,43). The Hall–Kier alpha value is -3.85. The van der Waals surface area contributed by atoms with Crippen LogP contribution in [0.15, 0.2) is 108 Å². The van der Waals surface area contributed by atoms with Crippen molar-refractivity contribution in [2.45, 2.75) is 63.6 Å². The van der Waals surface area contributed by atoms with Crippen molar-refractivity contribution in [1.82, 2.24) is 10.2 Å². The Kier molecular flexibility index (Phi) is 11.9. The number of nitrogens with zero attached hydrogens (tertiary/aromatic N) is 2. The number of sulfonamides is 1. The van der Waals surface area contributed by atoms with Crippen LogP contribution in [0.5, 0.6) is 0 Å². The zero-order valence-electron chi connectivity index (χ0n) is 26.4. The Labute approximate surface area is 282 Å². The van der Waals surface area contributed by atoms with Crippen molar-refractivity contribution in [2.24, 2.45) is 0 Å². The van der Waals surface area contributed by atoms with E-state index in [4.69, 9.17) is 23.2 Å². The molecule has 4 aromatic rings. The minimum absolute atomic E-state index is 0.0430. The van der Waals surface area contributed by atoms with E-state index in [1.807, 2.05) is 70.2 Å². The maximum absolute atomic E-state index is 14.6. The van der Waals surface area contributed by atoms with Crippen LogP contribution in [0.1, 0.15) is 50.3 Å². The molecular formula is C36H39Cl2N3O4S. The van der Waals surface area contributed by atoms with E-state index in [1.54, 1.807) is 48.5 Å². The van der Waals surface area contributed by atoms with Crippen LogP contribution in [-0.2, 0) is 32.6 Å². The van der Waals surface area contributed by atoms with E-state index in [0.29, 0.717) is 21.3 Å². The van der Waals surface area contributed by atoms with Gasteiger partial charge in [-0.05, 0) is 72.9 Å². The highest BCUT2D eigenvalue weighted by molar-refractivity contribution is 7.92. The van der Waals surface area contributed by atoms with Gasteiger partial charge in [-0.3, -0.25) is 13.9 Å². The van der Waals surface area contributed by atoms with Gasteiger partial charge in [0, 0.05) is 29.1 Å². The van der Waals surface area contributed by atoms with Crippen molar-refractivity contribution >= 4 is 50.7 Å². The first-order valence-electron chi connectivity index (χ1n) is 15.1. The summed E-state index contributed by atoms with van der Waals surface area (Å²) in [7, 11) is -4.18. The number of carbonyl (C=O) groups excluding carboxylic acids is 2. The Morgan fingerprint density at radius 1 is 0.804 bits per heavy atom. The molecule has 0 spiro atoms. The second-order valence-corrected chi connectivity index (χ2v) is 14.4. The molecule has 46 heavy (non-hydrogen) atoms. The first-order chi connectivity index (χ1) is 21.9. The van der Waals surface area contributed by atoms with Crippen LogP contribution in [0.25, 0.3) is 0 Å². The van der Waals surface area contributed by atoms with Crippen LogP contribution in [-0.4, -0.2) is 43.8 Å². The van der Waals surface area contributed by atoms with Crippen molar-refractivity contribution in [3.05, 3.63) is 130 Å². The number of amides is 2. The van der Waals surface area contributed by atoms with Crippen LogP contribution in [0.4, 0.5) is 5.69 Å². The molecule has 4 aromatic carbocycles. The molecule has 0 radical (unpaired) electrons. The lowest BCUT2D eigenvalue weighted by Crippen LogP contribution is -2.54. The van der Waals surface area contributed by atoms with Crippen molar-refractivity contribution in [3.8, 4) is 0 Å². The molecule has 0 heterocycles. The van der Waals surface area contributed by atoms with Gasteiger partial charge in [0.05, 0.1) is 10.6 Å². The third kappa shape index (κ3) is 8.90. The predicted octanol–water partition coefficient (Wildman–Crippen LogP) is 7.48. The van der Waals surface area contributed by atoms with Gasteiger partial charge >= 0.3 is 0 Å². The summed E-state index contributed by atoms with van der Waals surface area (Å²) >= 11 is 12.7. The molecule has 0 aromatic heterocycles. The lowest BCUT2D eigenvalue weighted by Gasteiger charge is -2.34. The van der Waals surface area contributed by atoms with Crippen LogP contribution < -0.4 is 9.62 Å². The maximum Gasteiger partial charge on any atom is 0.264 e. The Bertz CT molecular complexity index is 1730. The van der Waals surface area contributed by atoms with Crippen molar-refractivity contribution in [2.75, 3.05) is 10.8 Å². The van der Waals surface area contributed by atoms with E-state index in [1.165, 1.54) is 17.0 Å². The van der Waals surface area contributed by atoms with E-state index >= 15 is 0 Å². The smallest absolute Gasteiger partial charge is 0.264 e. The molecule has 7 nitrogen and oxygen atoms in total. The number of benzene rings is 4. The molecule has 0 saturated carbocycles. The minimum atomic E-state index is -4.18. The molecule has 0 aliphatic heterocycles. The van der Waals surface area contributed by atoms with Gasteiger partial charge in [0.25, 0.3) is 10.0 Å². The Morgan fingerprint density at radius 3 is 1.98 bits per heavy atom. The molecule has 1 unspecified atom stereocenters. The summed E-state index contributed by atoms with van der Waals surface area (Å²) in [6, 6.07) is 28.2. The monoisotopic (exact) mass is 679 g/mol. The second kappa shape index (κ2) is 15.6. The van der Waals surface area contributed by atoms with Gasteiger partial charge in [-0.2, -0.15) is 0 Å². The highest BCUT2D eigenvalue weighted by Gasteiger charge is 2.35. The van der Waals surface area contributed by atoms with Crippen LogP contribution in [0.2, 0.25) is 10.0 Å². The highest BCUT2D eigenvalue weighted by atomic mass is 35.5. The predicted molar refractivity (Wildman–Crippen MR) is 186 cm³/mol. The summed E-state index contributed by atoms with van der Waals surface area (Å²) in [4.78, 5) is 29.8. The van der Waals surface area contributed by atoms with E-state index in [9.17, 15) is 18.0 Å². The Morgan fingerprint density at radius 2 is 1.41 bits per heavy atom. The van der Waals surface area contributed by atoms with Crippen molar-refractivity contribution in [3.63, 3.8) is 0 Å².